The molecule has 1 fully saturated rings. The van der Waals surface area contributed by atoms with Gasteiger partial charge in [0.05, 0.1) is 29.5 Å². The van der Waals surface area contributed by atoms with Crippen LogP contribution in [0.2, 0.25) is 10.2 Å². The maximum Gasteiger partial charge on any atom is 0.339 e. The molecule has 3 rings (SSSR count). The lowest BCUT2D eigenvalue weighted by Crippen LogP contribution is -2.25. The largest absolute Gasteiger partial charge is 0.457 e. The van der Waals surface area contributed by atoms with Crippen molar-refractivity contribution in [3.63, 3.8) is 0 Å². The zero-order valence-corrected chi connectivity index (χ0v) is 13.1. The highest BCUT2D eigenvalue weighted by Gasteiger charge is 2.27. The molecule has 2 aromatic rings. The fourth-order valence-corrected chi connectivity index (χ4v) is 2.71. The molecule has 0 N–H and O–H groups in total. The summed E-state index contributed by atoms with van der Waals surface area (Å²) < 4.78 is 5.51. The van der Waals surface area contributed by atoms with Gasteiger partial charge in [-0.1, -0.05) is 35.3 Å². The van der Waals surface area contributed by atoms with E-state index in [-0.39, 0.29) is 6.10 Å². The molecule has 5 nitrogen and oxygen atoms in total. The number of carbonyl (C=O) groups is 1. The summed E-state index contributed by atoms with van der Waals surface area (Å²) in [7, 11) is 0. The lowest BCUT2D eigenvalue weighted by atomic mass is 10.2. The van der Waals surface area contributed by atoms with Gasteiger partial charge in [0, 0.05) is 13.0 Å². The molecule has 1 aromatic heterocycles. The van der Waals surface area contributed by atoms with Crippen LogP contribution in [0.25, 0.3) is 0 Å². The van der Waals surface area contributed by atoms with Crippen LogP contribution in [0.1, 0.15) is 16.8 Å². The van der Waals surface area contributed by atoms with Gasteiger partial charge < -0.3 is 9.64 Å². The summed E-state index contributed by atoms with van der Waals surface area (Å²) in [5.74, 6) is 0.276. The third-order valence-corrected chi connectivity index (χ3v) is 3.94. The lowest BCUT2D eigenvalue weighted by Gasteiger charge is -2.17. The Morgan fingerprint density at radius 2 is 2.09 bits per heavy atom. The van der Waals surface area contributed by atoms with Crippen molar-refractivity contribution < 1.29 is 9.53 Å². The standard InChI is InChI=1S/C15H13Cl2N3O2/c16-12-4-2-1-3-11(12)15(21)22-10-5-6-20(9-10)14-8-18-7-13(17)19-14/h1-4,7-8,10H,5-6,9H2. The smallest absolute Gasteiger partial charge is 0.339 e. The third-order valence-electron chi connectivity index (χ3n) is 3.43. The fourth-order valence-electron chi connectivity index (χ4n) is 2.36. The molecule has 114 valence electrons. The second-order valence-corrected chi connectivity index (χ2v) is 5.74. The Morgan fingerprint density at radius 1 is 1.27 bits per heavy atom. The normalized spacial score (nSPS) is 17.5. The maximum atomic E-state index is 12.1. The number of ether oxygens (including phenoxy) is 1. The number of halogens is 2. The molecule has 0 radical (unpaired) electrons. The number of aromatic nitrogens is 2. The van der Waals surface area contributed by atoms with Crippen molar-refractivity contribution in [2.75, 3.05) is 18.0 Å². The Morgan fingerprint density at radius 3 is 2.86 bits per heavy atom. The molecule has 1 atom stereocenters. The first-order valence-electron chi connectivity index (χ1n) is 6.81. The van der Waals surface area contributed by atoms with Gasteiger partial charge in [-0.3, -0.25) is 4.98 Å². The second-order valence-electron chi connectivity index (χ2n) is 4.94. The highest BCUT2D eigenvalue weighted by atomic mass is 35.5. The second kappa shape index (κ2) is 6.50. The summed E-state index contributed by atoms with van der Waals surface area (Å²) >= 11 is 11.8. The van der Waals surface area contributed by atoms with Crippen LogP contribution in [0, 0.1) is 0 Å². The third kappa shape index (κ3) is 3.31. The van der Waals surface area contributed by atoms with E-state index >= 15 is 0 Å². The molecule has 0 spiro atoms. The van der Waals surface area contributed by atoms with Gasteiger partial charge >= 0.3 is 5.97 Å². The molecule has 1 unspecified atom stereocenters. The SMILES string of the molecule is O=C(OC1CCN(c2cncc(Cl)n2)C1)c1ccccc1Cl. The van der Waals surface area contributed by atoms with Gasteiger partial charge in [0.1, 0.15) is 17.1 Å². The van der Waals surface area contributed by atoms with Crippen LogP contribution in [0.4, 0.5) is 5.82 Å². The first-order chi connectivity index (χ1) is 10.6. The van der Waals surface area contributed by atoms with Gasteiger partial charge in [-0.05, 0) is 12.1 Å². The van der Waals surface area contributed by atoms with Gasteiger partial charge in [-0.2, -0.15) is 0 Å². The molecule has 0 saturated carbocycles. The Kier molecular flexibility index (Phi) is 4.45. The summed E-state index contributed by atoms with van der Waals surface area (Å²) in [6, 6.07) is 6.85. The molecular formula is C15H13Cl2N3O2. The Hall–Kier alpha value is -1.85. The van der Waals surface area contributed by atoms with Gasteiger partial charge in [0.15, 0.2) is 0 Å². The maximum absolute atomic E-state index is 12.1. The molecule has 0 amide bonds. The minimum atomic E-state index is -0.408. The van der Waals surface area contributed by atoms with Crippen LogP contribution in [-0.4, -0.2) is 35.1 Å². The van der Waals surface area contributed by atoms with Crippen molar-refractivity contribution in [1.82, 2.24) is 9.97 Å². The quantitative estimate of drug-likeness (QED) is 0.805. The molecule has 22 heavy (non-hydrogen) atoms. The van der Waals surface area contributed by atoms with Crippen molar-refractivity contribution in [1.29, 1.82) is 0 Å². The molecule has 7 heteroatoms. The highest BCUT2D eigenvalue weighted by molar-refractivity contribution is 6.33. The summed E-state index contributed by atoms with van der Waals surface area (Å²) in [6.45, 7) is 1.29. The summed E-state index contributed by atoms with van der Waals surface area (Å²) in [5.41, 5.74) is 0.380. The zero-order chi connectivity index (χ0) is 15.5. The molecule has 0 bridgehead atoms. The Labute approximate surface area is 137 Å². The molecule has 1 aliphatic rings. The van der Waals surface area contributed by atoms with Crippen molar-refractivity contribution in [2.24, 2.45) is 0 Å². The van der Waals surface area contributed by atoms with Crippen LogP contribution in [-0.2, 0) is 4.74 Å². The fraction of sp³-hybridized carbons (Fsp3) is 0.267. The predicted octanol–water partition coefficient (Wildman–Crippen LogP) is 3.22. The van der Waals surface area contributed by atoms with Crippen molar-refractivity contribution >= 4 is 35.0 Å². The lowest BCUT2D eigenvalue weighted by molar-refractivity contribution is 0.0348. The van der Waals surface area contributed by atoms with Crippen LogP contribution in [0.3, 0.4) is 0 Å². The van der Waals surface area contributed by atoms with Crippen LogP contribution >= 0.6 is 23.2 Å². The van der Waals surface area contributed by atoms with Crippen LogP contribution in [0.5, 0.6) is 0 Å². The van der Waals surface area contributed by atoms with Crippen LogP contribution < -0.4 is 4.90 Å². The number of benzene rings is 1. The number of hydrogen-bond acceptors (Lipinski definition) is 5. The number of esters is 1. The van der Waals surface area contributed by atoms with Gasteiger partial charge in [-0.15, -0.1) is 0 Å². The minimum absolute atomic E-state index is 0.204. The Bertz CT molecular complexity index is 696. The molecule has 2 heterocycles. The van der Waals surface area contributed by atoms with Gasteiger partial charge in [-0.25, -0.2) is 9.78 Å². The average Bonchev–Trinajstić information content (AvgIpc) is 2.96. The van der Waals surface area contributed by atoms with Crippen molar-refractivity contribution in [2.45, 2.75) is 12.5 Å². The van der Waals surface area contributed by atoms with Crippen LogP contribution in [0.15, 0.2) is 36.7 Å². The highest BCUT2D eigenvalue weighted by Crippen LogP contribution is 2.23. The molecule has 1 aliphatic heterocycles. The molecule has 0 aliphatic carbocycles. The minimum Gasteiger partial charge on any atom is -0.457 e. The number of anilines is 1. The molecular weight excluding hydrogens is 325 g/mol. The first kappa shape index (κ1) is 15.1. The van der Waals surface area contributed by atoms with Crippen molar-refractivity contribution in [3.05, 3.63) is 52.4 Å². The topological polar surface area (TPSA) is 55.3 Å². The number of hydrogen-bond donors (Lipinski definition) is 0. The van der Waals surface area contributed by atoms with E-state index in [4.69, 9.17) is 27.9 Å². The average molecular weight is 338 g/mol. The summed E-state index contributed by atoms with van der Waals surface area (Å²) in [6.07, 6.45) is 3.65. The van der Waals surface area contributed by atoms with E-state index in [2.05, 4.69) is 9.97 Å². The van der Waals surface area contributed by atoms with E-state index in [0.717, 1.165) is 13.0 Å². The monoisotopic (exact) mass is 337 g/mol. The van der Waals surface area contributed by atoms with E-state index in [1.165, 1.54) is 6.20 Å². The van der Waals surface area contributed by atoms with Crippen molar-refractivity contribution in [3.8, 4) is 0 Å². The summed E-state index contributed by atoms with van der Waals surface area (Å²) in [4.78, 5) is 22.4. The van der Waals surface area contributed by atoms with Gasteiger partial charge in [0.25, 0.3) is 0 Å². The number of rotatable bonds is 3. The number of carbonyl (C=O) groups excluding carboxylic acids is 1. The first-order valence-corrected chi connectivity index (χ1v) is 7.57. The van der Waals surface area contributed by atoms with E-state index in [1.807, 2.05) is 4.90 Å². The van der Waals surface area contributed by atoms with E-state index < -0.39 is 5.97 Å². The predicted molar refractivity (Wildman–Crippen MR) is 84.5 cm³/mol. The molecule has 1 saturated heterocycles. The van der Waals surface area contributed by atoms with Gasteiger partial charge in [0.2, 0.25) is 0 Å². The van der Waals surface area contributed by atoms with E-state index in [9.17, 15) is 4.79 Å². The zero-order valence-electron chi connectivity index (χ0n) is 11.6. The molecule has 1 aromatic carbocycles. The van der Waals surface area contributed by atoms with E-state index in [0.29, 0.717) is 28.1 Å². The number of nitrogens with zero attached hydrogens (tertiary/aromatic N) is 3. The Balaban J connectivity index is 1.64. The summed E-state index contributed by atoms with van der Waals surface area (Å²) in [5, 5.41) is 0.733. The van der Waals surface area contributed by atoms with E-state index in [1.54, 1.807) is 30.5 Å².